The zero-order valence-electron chi connectivity index (χ0n) is 10.4. The molecule has 2 rings (SSSR count). The lowest BCUT2D eigenvalue weighted by atomic mass is 10.1. The van der Waals surface area contributed by atoms with E-state index in [4.69, 9.17) is 5.73 Å². The second-order valence-electron chi connectivity index (χ2n) is 4.41. The first-order chi connectivity index (χ1) is 9.21. The van der Waals surface area contributed by atoms with Crippen LogP contribution in [0.5, 0.6) is 0 Å². The van der Waals surface area contributed by atoms with E-state index in [0.29, 0.717) is 5.69 Å². The zero-order valence-corrected chi connectivity index (χ0v) is 11.2. The molecule has 1 heterocycles. The van der Waals surface area contributed by atoms with Gasteiger partial charge in [-0.1, -0.05) is 6.08 Å². The molecule has 0 radical (unpaired) electrons. The van der Waals surface area contributed by atoms with Gasteiger partial charge in [-0.25, -0.2) is 8.42 Å². The van der Waals surface area contributed by atoms with Crippen molar-refractivity contribution in [2.45, 2.75) is 17.5 Å². The molecule has 2 N–H and O–H groups in total. The molecule has 4 nitrogen and oxygen atoms in total. The molecule has 0 saturated carbocycles. The monoisotopic (exact) mass is 306 g/mol. The van der Waals surface area contributed by atoms with E-state index < -0.39 is 21.8 Å². The number of alkyl halides is 3. The molecule has 0 amide bonds. The molecule has 1 aliphatic rings. The van der Waals surface area contributed by atoms with Gasteiger partial charge in [0.1, 0.15) is 0 Å². The first kappa shape index (κ1) is 14.9. The number of sulfonamides is 1. The summed E-state index contributed by atoms with van der Waals surface area (Å²) in [7, 11) is -3.78. The summed E-state index contributed by atoms with van der Waals surface area (Å²) >= 11 is 0. The van der Waals surface area contributed by atoms with Crippen LogP contribution in [0.2, 0.25) is 0 Å². The summed E-state index contributed by atoms with van der Waals surface area (Å²) < 4.78 is 62.9. The third kappa shape index (κ3) is 2.96. The maximum Gasteiger partial charge on any atom is 0.412 e. The summed E-state index contributed by atoms with van der Waals surface area (Å²) in [6, 6.07) is 5.56. The fourth-order valence-corrected chi connectivity index (χ4v) is 3.30. The summed E-state index contributed by atoms with van der Waals surface area (Å²) in [5.41, 5.74) is 5.21. The normalized spacial score (nSPS) is 17.9. The van der Waals surface area contributed by atoms with Crippen molar-refractivity contribution in [3.8, 4) is 0 Å². The van der Waals surface area contributed by atoms with Crippen LogP contribution in [0.25, 0.3) is 0 Å². The Morgan fingerprint density at radius 2 is 1.75 bits per heavy atom. The predicted octanol–water partition coefficient (Wildman–Crippen LogP) is 2.15. The van der Waals surface area contributed by atoms with Gasteiger partial charge in [-0.15, -0.1) is 0 Å². The van der Waals surface area contributed by atoms with Crippen LogP contribution < -0.4 is 5.73 Å². The van der Waals surface area contributed by atoms with E-state index in [0.717, 1.165) is 10.4 Å². The lowest BCUT2D eigenvalue weighted by Gasteiger charge is -2.26. The van der Waals surface area contributed by atoms with E-state index in [-0.39, 0.29) is 24.4 Å². The number of nitrogens with zero attached hydrogens (tertiary/aromatic N) is 1. The highest BCUT2D eigenvalue weighted by Gasteiger charge is 2.37. The predicted molar refractivity (Wildman–Crippen MR) is 68.4 cm³/mol. The average molecular weight is 306 g/mol. The molecule has 0 aromatic heterocycles. The molecule has 1 aromatic carbocycles. The van der Waals surface area contributed by atoms with Crippen molar-refractivity contribution >= 4 is 15.7 Å². The van der Waals surface area contributed by atoms with Crippen LogP contribution in [0.15, 0.2) is 40.8 Å². The van der Waals surface area contributed by atoms with Gasteiger partial charge in [0.05, 0.1) is 4.90 Å². The quantitative estimate of drug-likeness (QED) is 0.672. The number of anilines is 1. The molecule has 0 fully saturated rings. The van der Waals surface area contributed by atoms with Gasteiger partial charge < -0.3 is 5.73 Å². The molecule has 0 unspecified atom stereocenters. The molecular weight excluding hydrogens is 293 g/mol. The van der Waals surface area contributed by atoms with Crippen LogP contribution >= 0.6 is 0 Å². The molecule has 0 saturated heterocycles. The zero-order chi connectivity index (χ0) is 15.0. The highest BCUT2D eigenvalue weighted by Crippen LogP contribution is 2.31. The third-order valence-electron chi connectivity index (χ3n) is 3.05. The molecule has 20 heavy (non-hydrogen) atoms. The number of hydrogen-bond acceptors (Lipinski definition) is 3. The lowest BCUT2D eigenvalue weighted by Crippen LogP contribution is -2.36. The van der Waals surface area contributed by atoms with Gasteiger partial charge in [0, 0.05) is 24.4 Å². The van der Waals surface area contributed by atoms with Gasteiger partial charge in [0.25, 0.3) is 0 Å². The largest absolute Gasteiger partial charge is 0.412 e. The van der Waals surface area contributed by atoms with Gasteiger partial charge in [-0.05, 0) is 30.7 Å². The van der Waals surface area contributed by atoms with E-state index in [1.54, 1.807) is 0 Å². The fourth-order valence-electron chi connectivity index (χ4n) is 1.92. The number of hydrogen-bond donors (Lipinski definition) is 1. The van der Waals surface area contributed by atoms with E-state index in [1.165, 1.54) is 24.3 Å². The standard InChI is InChI=1S/C12H13F3N2O2S/c13-12(14,15)9-5-7-17(8-6-9)20(18,19)11-3-1-10(16)2-4-11/h1-5H,6-8,16H2. The first-order valence-corrected chi connectivity index (χ1v) is 7.27. The topological polar surface area (TPSA) is 63.4 Å². The molecule has 1 aromatic rings. The third-order valence-corrected chi connectivity index (χ3v) is 4.93. The second kappa shape index (κ2) is 5.10. The Balaban J connectivity index is 2.21. The molecule has 1 aliphatic heterocycles. The van der Waals surface area contributed by atoms with Crippen molar-refractivity contribution in [2.75, 3.05) is 18.8 Å². The van der Waals surface area contributed by atoms with E-state index in [1.807, 2.05) is 0 Å². The summed E-state index contributed by atoms with van der Waals surface area (Å²) in [4.78, 5) is 0.0237. The number of rotatable bonds is 2. The Bertz CT molecular complexity index is 621. The number of benzene rings is 1. The molecule has 0 atom stereocenters. The SMILES string of the molecule is Nc1ccc(S(=O)(=O)N2CC=C(C(F)(F)F)CC2)cc1. The van der Waals surface area contributed by atoms with Crippen LogP contribution in [0.3, 0.4) is 0 Å². The lowest BCUT2D eigenvalue weighted by molar-refractivity contribution is -0.0953. The van der Waals surface area contributed by atoms with Crippen LogP contribution in [0, 0.1) is 0 Å². The average Bonchev–Trinajstić information content (AvgIpc) is 2.38. The van der Waals surface area contributed by atoms with Crippen LogP contribution in [0.1, 0.15) is 6.42 Å². The minimum absolute atomic E-state index is 0.0237. The highest BCUT2D eigenvalue weighted by atomic mass is 32.2. The van der Waals surface area contributed by atoms with Crippen LogP contribution in [-0.4, -0.2) is 32.0 Å². The van der Waals surface area contributed by atoms with E-state index in [9.17, 15) is 21.6 Å². The Morgan fingerprint density at radius 3 is 2.20 bits per heavy atom. The summed E-state index contributed by atoms with van der Waals surface area (Å²) in [5, 5.41) is 0. The Kier molecular flexibility index (Phi) is 3.79. The summed E-state index contributed by atoms with van der Waals surface area (Å²) in [5.74, 6) is 0. The number of halogens is 3. The summed E-state index contributed by atoms with van der Waals surface area (Å²) in [6.07, 6.45) is -3.81. The first-order valence-electron chi connectivity index (χ1n) is 5.83. The smallest absolute Gasteiger partial charge is 0.399 e. The molecule has 0 bridgehead atoms. The highest BCUT2D eigenvalue weighted by molar-refractivity contribution is 7.89. The molecule has 0 spiro atoms. The van der Waals surface area contributed by atoms with Crippen molar-refractivity contribution in [3.05, 3.63) is 35.9 Å². The van der Waals surface area contributed by atoms with Crippen molar-refractivity contribution < 1.29 is 21.6 Å². The molecular formula is C12H13F3N2O2S. The maximum atomic E-state index is 12.5. The molecule has 8 heteroatoms. The van der Waals surface area contributed by atoms with Gasteiger partial charge in [-0.3, -0.25) is 0 Å². The minimum Gasteiger partial charge on any atom is -0.399 e. The summed E-state index contributed by atoms with van der Waals surface area (Å²) in [6.45, 7) is -0.459. The second-order valence-corrected chi connectivity index (χ2v) is 6.35. The Hall–Kier alpha value is -1.54. The van der Waals surface area contributed by atoms with Gasteiger partial charge in [0.15, 0.2) is 0 Å². The van der Waals surface area contributed by atoms with Crippen molar-refractivity contribution in [3.63, 3.8) is 0 Å². The van der Waals surface area contributed by atoms with E-state index in [2.05, 4.69) is 0 Å². The van der Waals surface area contributed by atoms with Crippen molar-refractivity contribution in [2.24, 2.45) is 0 Å². The molecule has 0 aliphatic carbocycles. The van der Waals surface area contributed by atoms with Crippen LogP contribution in [0.4, 0.5) is 18.9 Å². The molecule has 110 valence electrons. The van der Waals surface area contributed by atoms with E-state index >= 15 is 0 Å². The number of nitrogen functional groups attached to an aromatic ring is 1. The van der Waals surface area contributed by atoms with Gasteiger partial charge in [-0.2, -0.15) is 17.5 Å². The Morgan fingerprint density at radius 1 is 1.15 bits per heavy atom. The van der Waals surface area contributed by atoms with Gasteiger partial charge >= 0.3 is 6.18 Å². The van der Waals surface area contributed by atoms with Crippen molar-refractivity contribution in [1.82, 2.24) is 4.31 Å². The number of nitrogens with two attached hydrogens (primary N) is 1. The van der Waals surface area contributed by atoms with Gasteiger partial charge in [0.2, 0.25) is 10.0 Å². The fraction of sp³-hybridized carbons (Fsp3) is 0.333. The van der Waals surface area contributed by atoms with Crippen LogP contribution in [-0.2, 0) is 10.0 Å². The van der Waals surface area contributed by atoms with Crippen molar-refractivity contribution in [1.29, 1.82) is 0 Å². The minimum atomic E-state index is -4.39. The Labute approximate surface area is 114 Å². The maximum absolute atomic E-state index is 12.5.